The first kappa shape index (κ1) is 20.6. The van der Waals surface area contributed by atoms with Crippen molar-refractivity contribution in [2.75, 3.05) is 6.54 Å². The van der Waals surface area contributed by atoms with Gasteiger partial charge in [0.1, 0.15) is 5.75 Å². The molecule has 1 saturated heterocycles. The predicted molar refractivity (Wildman–Crippen MR) is 120 cm³/mol. The van der Waals surface area contributed by atoms with E-state index in [1.165, 1.54) is 25.0 Å². The maximum Gasteiger partial charge on any atom is 0.258 e. The maximum absolute atomic E-state index is 13.1. The molecule has 1 atom stereocenters. The van der Waals surface area contributed by atoms with Gasteiger partial charge >= 0.3 is 0 Å². The SMILES string of the molecule is O=C(N[C@H]1CC[C@@H](Oc2ccc(C(=O)N3CCCC4CCCC=C43)cc2)CC1)C1CC1. The second kappa shape index (κ2) is 9.05. The van der Waals surface area contributed by atoms with E-state index in [9.17, 15) is 9.59 Å². The molecule has 1 aliphatic heterocycles. The number of hydrogen-bond donors (Lipinski definition) is 1. The van der Waals surface area contributed by atoms with E-state index in [0.717, 1.165) is 69.2 Å². The third kappa shape index (κ3) is 4.81. The Kier molecular flexibility index (Phi) is 6.02. The number of ether oxygens (including phenoxy) is 1. The van der Waals surface area contributed by atoms with Crippen LogP contribution in [0.4, 0.5) is 0 Å². The number of allylic oxidation sites excluding steroid dienone is 2. The molecule has 5 heteroatoms. The minimum atomic E-state index is 0.122. The Morgan fingerprint density at radius 1 is 0.903 bits per heavy atom. The van der Waals surface area contributed by atoms with E-state index in [1.807, 2.05) is 29.2 Å². The largest absolute Gasteiger partial charge is 0.490 e. The zero-order valence-electron chi connectivity index (χ0n) is 18.4. The molecule has 0 aromatic heterocycles. The number of carbonyl (C=O) groups excluding carboxylic acids is 2. The highest BCUT2D eigenvalue weighted by Gasteiger charge is 2.33. The highest BCUT2D eigenvalue weighted by molar-refractivity contribution is 5.95. The van der Waals surface area contributed by atoms with E-state index in [-0.39, 0.29) is 23.8 Å². The quantitative estimate of drug-likeness (QED) is 0.740. The van der Waals surface area contributed by atoms with Crippen LogP contribution in [-0.2, 0) is 4.79 Å². The van der Waals surface area contributed by atoms with E-state index in [1.54, 1.807) is 0 Å². The Labute approximate surface area is 185 Å². The summed E-state index contributed by atoms with van der Waals surface area (Å²) in [6.07, 6.45) is 14.3. The zero-order chi connectivity index (χ0) is 21.2. The van der Waals surface area contributed by atoms with Crippen LogP contribution in [0.1, 0.15) is 81.0 Å². The monoisotopic (exact) mass is 422 g/mol. The van der Waals surface area contributed by atoms with Gasteiger partial charge < -0.3 is 15.0 Å². The molecule has 2 saturated carbocycles. The van der Waals surface area contributed by atoms with E-state index < -0.39 is 0 Å². The molecule has 0 bridgehead atoms. The van der Waals surface area contributed by atoms with Crippen LogP contribution in [0.3, 0.4) is 0 Å². The summed E-state index contributed by atoms with van der Waals surface area (Å²) in [6, 6.07) is 7.99. The molecule has 1 unspecified atom stereocenters. The van der Waals surface area contributed by atoms with Crippen molar-refractivity contribution < 1.29 is 14.3 Å². The molecule has 1 aromatic rings. The predicted octanol–water partition coefficient (Wildman–Crippen LogP) is 4.82. The Morgan fingerprint density at radius 3 is 2.39 bits per heavy atom. The summed E-state index contributed by atoms with van der Waals surface area (Å²) in [5, 5.41) is 3.19. The molecule has 1 aromatic carbocycles. The van der Waals surface area contributed by atoms with Crippen LogP contribution in [-0.4, -0.2) is 35.4 Å². The van der Waals surface area contributed by atoms with Crippen molar-refractivity contribution in [3.8, 4) is 5.75 Å². The van der Waals surface area contributed by atoms with Crippen LogP contribution in [0, 0.1) is 11.8 Å². The molecule has 0 radical (unpaired) electrons. The van der Waals surface area contributed by atoms with Gasteiger partial charge in [-0.25, -0.2) is 0 Å². The van der Waals surface area contributed by atoms with Crippen molar-refractivity contribution in [3.05, 3.63) is 41.6 Å². The fraction of sp³-hybridized carbons (Fsp3) is 0.615. The summed E-state index contributed by atoms with van der Waals surface area (Å²) in [4.78, 5) is 27.1. The minimum absolute atomic E-state index is 0.122. The van der Waals surface area contributed by atoms with Gasteiger partial charge in [0.05, 0.1) is 6.10 Å². The standard InChI is InChI=1S/C26H34N2O3/c29-25(19-7-8-19)27-21-11-15-23(16-12-21)31-22-13-9-20(10-14-22)26(30)28-17-3-5-18-4-1-2-6-24(18)28/h6,9-10,13-14,18-19,21,23H,1-5,7-8,11-12,15-17H2,(H,27,29)/t18?,21-,23+. The Hall–Kier alpha value is -2.30. The fourth-order valence-corrected chi connectivity index (χ4v) is 5.41. The van der Waals surface area contributed by atoms with Crippen LogP contribution in [0.25, 0.3) is 0 Å². The fourth-order valence-electron chi connectivity index (χ4n) is 5.41. The highest BCUT2D eigenvalue weighted by atomic mass is 16.5. The van der Waals surface area contributed by atoms with Gasteiger partial charge in [-0.15, -0.1) is 0 Å². The first-order chi connectivity index (χ1) is 15.2. The number of likely N-dealkylation sites (tertiary alicyclic amines) is 1. The molecule has 1 heterocycles. The molecule has 0 spiro atoms. The van der Waals surface area contributed by atoms with Crippen LogP contribution < -0.4 is 10.1 Å². The number of benzene rings is 1. The second-order valence-electron chi connectivity index (χ2n) is 9.75. The molecule has 166 valence electrons. The number of hydrogen-bond acceptors (Lipinski definition) is 3. The lowest BCUT2D eigenvalue weighted by Gasteiger charge is -2.38. The summed E-state index contributed by atoms with van der Waals surface area (Å²) >= 11 is 0. The third-order valence-electron chi connectivity index (χ3n) is 7.39. The van der Waals surface area contributed by atoms with E-state index in [2.05, 4.69) is 11.4 Å². The average molecular weight is 423 g/mol. The van der Waals surface area contributed by atoms with E-state index in [4.69, 9.17) is 4.74 Å². The Morgan fingerprint density at radius 2 is 1.65 bits per heavy atom. The van der Waals surface area contributed by atoms with E-state index in [0.29, 0.717) is 12.0 Å². The Bertz CT molecular complexity index is 835. The molecule has 31 heavy (non-hydrogen) atoms. The lowest BCUT2D eigenvalue weighted by atomic mass is 9.84. The molecular formula is C26H34N2O3. The molecule has 4 aliphatic rings. The average Bonchev–Trinajstić information content (AvgIpc) is 3.66. The number of nitrogens with one attached hydrogen (secondary N) is 1. The van der Waals surface area contributed by atoms with E-state index >= 15 is 0 Å². The number of nitrogens with zero attached hydrogens (tertiary/aromatic N) is 1. The van der Waals surface area contributed by atoms with Crippen LogP contribution >= 0.6 is 0 Å². The molecule has 2 amide bonds. The lowest BCUT2D eigenvalue weighted by molar-refractivity contribution is -0.123. The molecule has 3 aliphatic carbocycles. The van der Waals surface area contributed by atoms with Gasteiger partial charge in [0, 0.05) is 29.8 Å². The van der Waals surface area contributed by atoms with Crippen molar-refractivity contribution in [2.24, 2.45) is 11.8 Å². The molecule has 5 nitrogen and oxygen atoms in total. The number of fused-ring (bicyclic) bond motifs is 1. The van der Waals surface area contributed by atoms with Gasteiger partial charge in [0.15, 0.2) is 0 Å². The van der Waals surface area contributed by atoms with Crippen molar-refractivity contribution >= 4 is 11.8 Å². The minimum Gasteiger partial charge on any atom is -0.490 e. The summed E-state index contributed by atoms with van der Waals surface area (Å²) in [6.45, 7) is 0.833. The van der Waals surface area contributed by atoms with Gasteiger partial charge in [0.2, 0.25) is 5.91 Å². The van der Waals surface area contributed by atoms with Gasteiger partial charge in [0.25, 0.3) is 5.91 Å². The number of rotatable bonds is 5. The van der Waals surface area contributed by atoms with Crippen LogP contribution in [0.2, 0.25) is 0 Å². The smallest absolute Gasteiger partial charge is 0.258 e. The highest BCUT2D eigenvalue weighted by Crippen LogP contribution is 2.36. The summed E-state index contributed by atoms with van der Waals surface area (Å²) in [7, 11) is 0. The number of piperidine rings is 1. The number of carbonyl (C=O) groups is 2. The van der Waals surface area contributed by atoms with Gasteiger partial charge in [-0.2, -0.15) is 0 Å². The van der Waals surface area contributed by atoms with Gasteiger partial charge in [-0.3, -0.25) is 9.59 Å². The molecule has 3 fully saturated rings. The molecule has 1 N–H and O–H groups in total. The van der Waals surface area contributed by atoms with Crippen molar-refractivity contribution in [1.29, 1.82) is 0 Å². The molecular weight excluding hydrogens is 388 g/mol. The maximum atomic E-state index is 13.1. The van der Waals surface area contributed by atoms with Crippen molar-refractivity contribution in [3.63, 3.8) is 0 Å². The Balaban J connectivity index is 1.14. The van der Waals surface area contributed by atoms with Crippen molar-refractivity contribution in [1.82, 2.24) is 10.2 Å². The molecule has 5 rings (SSSR count). The third-order valence-corrected chi connectivity index (χ3v) is 7.39. The lowest BCUT2D eigenvalue weighted by Crippen LogP contribution is -2.40. The topological polar surface area (TPSA) is 58.6 Å². The normalized spacial score (nSPS) is 28.3. The van der Waals surface area contributed by atoms with Gasteiger partial charge in [-0.05, 0) is 101 Å². The summed E-state index contributed by atoms with van der Waals surface area (Å²) in [5.74, 6) is 2.04. The first-order valence-electron chi connectivity index (χ1n) is 12.3. The van der Waals surface area contributed by atoms with Crippen molar-refractivity contribution in [2.45, 2.75) is 82.8 Å². The van der Waals surface area contributed by atoms with Gasteiger partial charge in [-0.1, -0.05) is 6.08 Å². The van der Waals surface area contributed by atoms with Crippen LogP contribution in [0.5, 0.6) is 5.75 Å². The number of amides is 2. The zero-order valence-corrected chi connectivity index (χ0v) is 18.4. The second-order valence-corrected chi connectivity index (χ2v) is 9.75. The first-order valence-corrected chi connectivity index (χ1v) is 12.3. The summed E-state index contributed by atoms with van der Waals surface area (Å²) < 4.78 is 6.19. The van der Waals surface area contributed by atoms with Crippen LogP contribution in [0.15, 0.2) is 36.0 Å². The summed E-state index contributed by atoms with van der Waals surface area (Å²) in [5.41, 5.74) is 2.00.